The summed E-state index contributed by atoms with van der Waals surface area (Å²) in [6, 6.07) is 8.22. The minimum Gasteiger partial charge on any atom is -0.454 e. The van der Waals surface area contributed by atoms with Crippen molar-refractivity contribution in [2.75, 3.05) is 0 Å². The number of ether oxygens (including phenoxy) is 1. The monoisotopic (exact) mass is 249 g/mol. The highest BCUT2D eigenvalue weighted by Crippen LogP contribution is 2.19. The molecule has 1 aromatic rings. The van der Waals surface area contributed by atoms with Gasteiger partial charge in [0.25, 0.3) is 0 Å². The molecular formula is C13H15NO4. The maximum Gasteiger partial charge on any atom is 0.340 e. The van der Waals surface area contributed by atoms with E-state index in [-0.39, 0.29) is 6.04 Å². The van der Waals surface area contributed by atoms with E-state index in [9.17, 15) is 9.90 Å². The van der Waals surface area contributed by atoms with Crippen LogP contribution in [0.2, 0.25) is 0 Å². The molecule has 0 aromatic heterocycles. The smallest absolute Gasteiger partial charge is 0.340 e. The average Bonchev–Trinajstić information content (AvgIpc) is 2.86. The van der Waals surface area contributed by atoms with Crippen molar-refractivity contribution in [3.63, 3.8) is 0 Å². The lowest BCUT2D eigenvalue weighted by Crippen LogP contribution is -2.37. The molecule has 0 saturated heterocycles. The van der Waals surface area contributed by atoms with Crippen molar-refractivity contribution in [3.8, 4) is 0 Å². The first-order valence-electron chi connectivity index (χ1n) is 5.72. The van der Waals surface area contributed by atoms with E-state index in [1.165, 1.54) is 0 Å². The summed E-state index contributed by atoms with van der Waals surface area (Å²) in [4.78, 5) is 11.7. The third-order valence-corrected chi connectivity index (χ3v) is 2.87. The molecular weight excluding hydrogens is 234 g/mol. The summed E-state index contributed by atoms with van der Waals surface area (Å²) < 4.78 is 5.13. The number of carbonyl (C=O) groups is 1. The van der Waals surface area contributed by atoms with Gasteiger partial charge in [0, 0.05) is 0 Å². The number of carbonyl (C=O) groups excluding carboxylic acids is 1. The number of aliphatic hydroxyl groups is 1. The molecule has 0 aliphatic heterocycles. The van der Waals surface area contributed by atoms with E-state index in [0.29, 0.717) is 12.0 Å². The Bertz CT molecular complexity index is 432. The number of aliphatic hydroxyl groups excluding tert-OH is 1. The maximum absolute atomic E-state index is 11.7. The van der Waals surface area contributed by atoms with E-state index in [1.807, 2.05) is 0 Å². The van der Waals surface area contributed by atoms with Crippen molar-refractivity contribution in [2.24, 2.45) is 0 Å². The third-order valence-electron chi connectivity index (χ3n) is 2.87. The lowest BCUT2D eigenvalue weighted by Gasteiger charge is -2.20. The topological polar surface area (TPSA) is 78.8 Å². The van der Waals surface area contributed by atoms with Crippen molar-refractivity contribution >= 4 is 5.97 Å². The summed E-state index contributed by atoms with van der Waals surface area (Å²) in [6.07, 6.45) is 2.21. The first-order valence-corrected chi connectivity index (χ1v) is 5.72. The van der Waals surface area contributed by atoms with E-state index < -0.39 is 18.2 Å². The summed E-state index contributed by atoms with van der Waals surface area (Å²) in [6.45, 7) is 0. The fourth-order valence-corrected chi connectivity index (χ4v) is 1.85. The van der Waals surface area contributed by atoms with E-state index in [0.717, 1.165) is 0 Å². The predicted octanol–water partition coefficient (Wildman–Crippen LogP) is 0.939. The lowest BCUT2D eigenvalue weighted by atomic mass is 10.1. The molecule has 0 radical (unpaired) electrons. The van der Waals surface area contributed by atoms with Crippen LogP contribution in [0.25, 0.3) is 0 Å². The van der Waals surface area contributed by atoms with Crippen molar-refractivity contribution in [3.05, 3.63) is 48.0 Å². The Labute approximate surface area is 105 Å². The molecule has 0 amide bonds. The minimum atomic E-state index is -1.31. The Hall–Kier alpha value is -1.69. The van der Waals surface area contributed by atoms with Crippen LogP contribution < -0.4 is 5.48 Å². The van der Waals surface area contributed by atoms with Gasteiger partial charge in [-0.25, -0.2) is 4.79 Å². The summed E-state index contributed by atoms with van der Waals surface area (Å²) in [7, 11) is 0. The molecule has 2 rings (SSSR count). The molecule has 0 spiro atoms. The van der Waals surface area contributed by atoms with Crippen LogP contribution in [0.4, 0.5) is 0 Å². The zero-order valence-electron chi connectivity index (χ0n) is 9.69. The number of rotatable bonds is 4. The molecule has 5 nitrogen and oxygen atoms in total. The van der Waals surface area contributed by atoms with E-state index in [4.69, 9.17) is 9.94 Å². The second-order valence-electron chi connectivity index (χ2n) is 4.11. The average molecular weight is 249 g/mol. The van der Waals surface area contributed by atoms with Crippen molar-refractivity contribution in [2.45, 2.75) is 24.7 Å². The molecule has 3 atom stereocenters. The summed E-state index contributed by atoms with van der Waals surface area (Å²) in [5.41, 5.74) is 2.56. The first-order chi connectivity index (χ1) is 8.72. The van der Waals surface area contributed by atoms with Gasteiger partial charge in [0.05, 0.1) is 6.04 Å². The highest BCUT2D eigenvalue weighted by molar-refractivity contribution is 5.76. The van der Waals surface area contributed by atoms with Gasteiger partial charge >= 0.3 is 5.97 Å². The number of hydroxylamine groups is 1. The van der Waals surface area contributed by atoms with Crippen molar-refractivity contribution in [1.82, 2.24) is 5.48 Å². The number of nitrogens with one attached hydrogen (secondary N) is 1. The fourth-order valence-electron chi connectivity index (χ4n) is 1.85. The molecule has 0 fully saturated rings. The standard InChI is InChI=1S/C13H15NO4/c15-12(9-5-2-1-3-6-9)13(16)18-11-8-4-7-10(11)14-17/h1-6,8,10-12,14-15,17H,7H2/t10-,11+,12-/m1/s1. The van der Waals surface area contributed by atoms with Crippen LogP contribution >= 0.6 is 0 Å². The number of benzene rings is 1. The second kappa shape index (κ2) is 5.77. The minimum absolute atomic E-state index is 0.350. The highest BCUT2D eigenvalue weighted by atomic mass is 16.6. The Balaban J connectivity index is 1.98. The molecule has 1 aliphatic carbocycles. The van der Waals surface area contributed by atoms with Crippen LogP contribution in [-0.2, 0) is 9.53 Å². The molecule has 0 heterocycles. The molecule has 0 unspecified atom stereocenters. The Morgan fingerprint density at radius 2 is 2.11 bits per heavy atom. The van der Waals surface area contributed by atoms with Gasteiger partial charge < -0.3 is 15.1 Å². The molecule has 3 N–H and O–H groups in total. The molecule has 0 bridgehead atoms. The fraction of sp³-hybridized carbons (Fsp3) is 0.308. The molecule has 18 heavy (non-hydrogen) atoms. The molecule has 96 valence electrons. The quantitative estimate of drug-likeness (QED) is 0.420. The SMILES string of the molecule is O=C(O[C@H]1C=CC[C@H]1NO)[C@H](O)c1ccccc1. The second-order valence-corrected chi connectivity index (χ2v) is 4.11. The molecule has 1 aromatic carbocycles. The van der Waals surface area contributed by atoms with Gasteiger partial charge in [0.15, 0.2) is 6.10 Å². The Morgan fingerprint density at radius 3 is 2.78 bits per heavy atom. The Kier molecular flexibility index (Phi) is 4.09. The maximum atomic E-state index is 11.7. The summed E-state index contributed by atoms with van der Waals surface area (Å²) >= 11 is 0. The first kappa shape index (κ1) is 12.8. The van der Waals surface area contributed by atoms with Crippen LogP contribution in [0.3, 0.4) is 0 Å². The van der Waals surface area contributed by atoms with Crippen LogP contribution in [0.5, 0.6) is 0 Å². The largest absolute Gasteiger partial charge is 0.454 e. The van der Waals surface area contributed by atoms with Crippen LogP contribution in [0, 0.1) is 0 Å². The number of hydrogen-bond donors (Lipinski definition) is 3. The van der Waals surface area contributed by atoms with E-state index in [2.05, 4.69) is 5.48 Å². The van der Waals surface area contributed by atoms with Gasteiger partial charge in [0.1, 0.15) is 6.10 Å². The van der Waals surface area contributed by atoms with Gasteiger partial charge in [0.2, 0.25) is 0 Å². The number of hydrogen-bond acceptors (Lipinski definition) is 5. The van der Waals surface area contributed by atoms with Gasteiger partial charge in [-0.3, -0.25) is 0 Å². The van der Waals surface area contributed by atoms with E-state index >= 15 is 0 Å². The van der Waals surface area contributed by atoms with Crippen LogP contribution in [-0.4, -0.2) is 28.4 Å². The normalized spacial score (nSPS) is 23.9. The third kappa shape index (κ3) is 2.76. The summed E-state index contributed by atoms with van der Waals surface area (Å²) in [5, 5.41) is 18.7. The van der Waals surface area contributed by atoms with Gasteiger partial charge in [-0.1, -0.05) is 36.4 Å². The van der Waals surface area contributed by atoms with Gasteiger partial charge in [-0.2, -0.15) is 5.48 Å². The molecule has 1 aliphatic rings. The van der Waals surface area contributed by atoms with Crippen molar-refractivity contribution < 1.29 is 19.8 Å². The van der Waals surface area contributed by atoms with Gasteiger partial charge in [-0.05, 0) is 18.1 Å². The highest BCUT2D eigenvalue weighted by Gasteiger charge is 2.28. The summed E-state index contributed by atoms with van der Waals surface area (Å²) in [5.74, 6) is -0.724. The predicted molar refractivity (Wildman–Crippen MR) is 63.7 cm³/mol. The molecule has 0 saturated carbocycles. The van der Waals surface area contributed by atoms with Crippen LogP contribution in [0.1, 0.15) is 18.1 Å². The molecule has 5 heteroatoms. The zero-order valence-corrected chi connectivity index (χ0v) is 9.69. The Morgan fingerprint density at radius 1 is 1.39 bits per heavy atom. The van der Waals surface area contributed by atoms with Crippen molar-refractivity contribution in [1.29, 1.82) is 0 Å². The lowest BCUT2D eigenvalue weighted by molar-refractivity contribution is -0.159. The van der Waals surface area contributed by atoms with Gasteiger partial charge in [-0.15, -0.1) is 0 Å². The zero-order chi connectivity index (χ0) is 13.0. The van der Waals surface area contributed by atoms with Crippen LogP contribution in [0.15, 0.2) is 42.5 Å². The number of esters is 1. The van der Waals surface area contributed by atoms with E-state index in [1.54, 1.807) is 42.5 Å².